The fraction of sp³-hybridized carbons (Fsp3) is 0.375. The van der Waals surface area contributed by atoms with Gasteiger partial charge in [-0.2, -0.15) is 5.10 Å². The SMILES string of the molecule is Cc1cnn(CCC(=O)NCC(C)Sc2ccccc2)c1. The monoisotopic (exact) mass is 303 g/mol. The molecule has 2 rings (SSSR count). The molecule has 112 valence electrons. The standard InChI is InChI=1S/C16H21N3OS/c1-13-10-18-19(12-13)9-8-16(20)17-11-14(2)21-15-6-4-3-5-7-15/h3-7,10,12,14H,8-9,11H2,1-2H3,(H,17,20). The Kier molecular flexibility index (Phi) is 5.87. The van der Waals surface area contributed by atoms with E-state index in [9.17, 15) is 4.79 Å². The molecular formula is C16H21N3OS. The van der Waals surface area contributed by atoms with Crippen LogP contribution in [0.25, 0.3) is 0 Å². The molecule has 0 saturated carbocycles. The number of carbonyl (C=O) groups excluding carboxylic acids is 1. The van der Waals surface area contributed by atoms with Crippen molar-refractivity contribution >= 4 is 17.7 Å². The minimum atomic E-state index is 0.0728. The first-order valence-corrected chi connectivity index (χ1v) is 7.99. The van der Waals surface area contributed by atoms with E-state index in [1.165, 1.54) is 4.90 Å². The van der Waals surface area contributed by atoms with Crippen molar-refractivity contribution in [2.75, 3.05) is 6.54 Å². The number of nitrogens with zero attached hydrogens (tertiary/aromatic N) is 2. The number of aromatic nitrogens is 2. The average Bonchev–Trinajstić information content (AvgIpc) is 2.90. The molecule has 1 heterocycles. The van der Waals surface area contributed by atoms with E-state index >= 15 is 0 Å². The van der Waals surface area contributed by atoms with E-state index in [0.29, 0.717) is 24.8 Å². The van der Waals surface area contributed by atoms with Crippen LogP contribution in [0.4, 0.5) is 0 Å². The van der Waals surface area contributed by atoms with Gasteiger partial charge in [-0.05, 0) is 24.6 Å². The van der Waals surface area contributed by atoms with E-state index in [2.05, 4.69) is 29.5 Å². The second-order valence-corrected chi connectivity index (χ2v) is 6.59. The van der Waals surface area contributed by atoms with E-state index in [1.807, 2.05) is 31.3 Å². The summed E-state index contributed by atoms with van der Waals surface area (Å²) < 4.78 is 1.80. The molecular weight excluding hydrogens is 282 g/mol. The average molecular weight is 303 g/mol. The highest BCUT2D eigenvalue weighted by Crippen LogP contribution is 2.21. The molecule has 0 aliphatic rings. The number of carbonyl (C=O) groups is 1. The van der Waals surface area contributed by atoms with Gasteiger partial charge >= 0.3 is 0 Å². The summed E-state index contributed by atoms with van der Waals surface area (Å²) in [4.78, 5) is 13.0. The van der Waals surface area contributed by atoms with Crippen molar-refractivity contribution in [3.8, 4) is 0 Å². The zero-order valence-electron chi connectivity index (χ0n) is 12.5. The number of thioether (sulfide) groups is 1. The minimum absolute atomic E-state index is 0.0728. The molecule has 0 aliphatic heterocycles. The first-order valence-electron chi connectivity index (χ1n) is 7.11. The molecule has 2 aromatic rings. The van der Waals surface area contributed by atoms with Crippen molar-refractivity contribution < 1.29 is 4.79 Å². The van der Waals surface area contributed by atoms with Crippen molar-refractivity contribution in [3.63, 3.8) is 0 Å². The lowest BCUT2D eigenvalue weighted by molar-refractivity contribution is -0.121. The van der Waals surface area contributed by atoms with Crippen molar-refractivity contribution in [3.05, 3.63) is 48.3 Å². The van der Waals surface area contributed by atoms with Crippen molar-refractivity contribution in [1.29, 1.82) is 0 Å². The van der Waals surface area contributed by atoms with Crippen molar-refractivity contribution in [2.24, 2.45) is 0 Å². The van der Waals surface area contributed by atoms with Crippen molar-refractivity contribution in [2.45, 2.75) is 37.0 Å². The van der Waals surface area contributed by atoms with Gasteiger partial charge in [-0.25, -0.2) is 0 Å². The predicted octanol–water partition coefficient (Wildman–Crippen LogP) is 2.88. The van der Waals surface area contributed by atoms with E-state index in [1.54, 1.807) is 22.6 Å². The van der Waals surface area contributed by atoms with Gasteiger partial charge < -0.3 is 5.32 Å². The summed E-state index contributed by atoms with van der Waals surface area (Å²) in [6.07, 6.45) is 4.21. The van der Waals surface area contributed by atoms with E-state index in [4.69, 9.17) is 0 Å². The van der Waals surface area contributed by atoms with Crippen LogP contribution < -0.4 is 5.32 Å². The Morgan fingerprint density at radius 1 is 1.38 bits per heavy atom. The molecule has 0 fully saturated rings. The van der Waals surface area contributed by atoms with Crippen LogP contribution in [0, 0.1) is 6.92 Å². The molecule has 0 radical (unpaired) electrons. The summed E-state index contributed by atoms with van der Waals surface area (Å²) in [5, 5.41) is 7.50. The summed E-state index contributed by atoms with van der Waals surface area (Å²) in [6.45, 7) is 5.41. The third-order valence-corrected chi connectivity index (χ3v) is 4.11. The second-order valence-electron chi connectivity index (χ2n) is 5.08. The lowest BCUT2D eigenvalue weighted by Gasteiger charge is -2.12. The summed E-state index contributed by atoms with van der Waals surface area (Å²) in [6, 6.07) is 10.2. The number of aryl methyl sites for hydroxylation is 2. The second kappa shape index (κ2) is 7.88. The van der Waals surface area contributed by atoms with Gasteiger partial charge in [-0.1, -0.05) is 25.1 Å². The van der Waals surface area contributed by atoms with Crippen LogP contribution in [0.3, 0.4) is 0 Å². The molecule has 5 heteroatoms. The Balaban J connectivity index is 1.66. The van der Waals surface area contributed by atoms with Gasteiger partial charge in [0.15, 0.2) is 0 Å². The highest BCUT2D eigenvalue weighted by molar-refractivity contribution is 8.00. The van der Waals surface area contributed by atoms with Gasteiger partial charge in [-0.15, -0.1) is 11.8 Å². The van der Waals surface area contributed by atoms with Gasteiger partial charge in [-0.3, -0.25) is 9.48 Å². The number of hydrogen-bond donors (Lipinski definition) is 1. The zero-order valence-corrected chi connectivity index (χ0v) is 13.3. The fourth-order valence-corrected chi connectivity index (χ4v) is 2.87. The topological polar surface area (TPSA) is 46.9 Å². The van der Waals surface area contributed by atoms with Crippen LogP contribution in [-0.4, -0.2) is 27.5 Å². The molecule has 1 aromatic heterocycles. The zero-order chi connectivity index (χ0) is 15.1. The van der Waals surface area contributed by atoms with Gasteiger partial charge in [0.1, 0.15) is 0 Å². The molecule has 1 amide bonds. The largest absolute Gasteiger partial charge is 0.355 e. The van der Waals surface area contributed by atoms with Crippen LogP contribution in [0.15, 0.2) is 47.6 Å². The molecule has 0 bridgehead atoms. The lowest BCUT2D eigenvalue weighted by atomic mass is 10.3. The number of amides is 1. The number of benzene rings is 1. The Bertz CT molecular complexity index is 568. The van der Waals surface area contributed by atoms with Crippen LogP contribution >= 0.6 is 11.8 Å². The van der Waals surface area contributed by atoms with Crippen LogP contribution in [0.5, 0.6) is 0 Å². The summed E-state index contributed by atoms with van der Waals surface area (Å²) in [7, 11) is 0. The third-order valence-electron chi connectivity index (χ3n) is 3.00. The van der Waals surface area contributed by atoms with Crippen molar-refractivity contribution in [1.82, 2.24) is 15.1 Å². The highest BCUT2D eigenvalue weighted by atomic mass is 32.2. The first-order chi connectivity index (χ1) is 10.1. The first kappa shape index (κ1) is 15.6. The molecule has 0 spiro atoms. The number of hydrogen-bond acceptors (Lipinski definition) is 3. The smallest absolute Gasteiger partial charge is 0.221 e. The maximum atomic E-state index is 11.8. The molecule has 1 aromatic carbocycles. The Hall–Kier alpha value is -1.75. The Labute approximate surface area is 129 Å². The van der Waals surface area contributed by atoms with Crippen LogP contribution in [-0.2, 0) is 11.3 Å². The minimum Gasteiger partial charge on any atom is -0.355 e. The maximum absolute atomic E-state index is 11.8. The molecule has 0 saturated heterocycles. The number of rotatable bonds is 7. The van der Waals surface area contributed by atoms with Crippen LogP contribution in [0.2, 0.25) is 0 Å². The summed E-state index contributed by atoms with van der Waals surface area (Å²) in [5.41, 5.74) is 1.11. The maximum Gasteiger partial charge on any atom is 0.221 e. The Morgan fingerprint density at radius 3 is 2.81 bits per heavy atom. The van der Waals surface area contributed by atoms with Gasteiger partial charge in [0, 0.05) is 35.9 Å². The molecule has 4 nitrogen and oxygen atoms in total. The van der Waals surface area contributed by atoms with E-state index < -0.39 is 0 Å². The normalized spacial score (nSPS) is 12.1. The van der Waals surface area contributed by atoms with Gasteiger partial charge in [0.05, 0.1) is 6.20 Å². The lowest BCUT2D eigenvalue weighted by Crippen LogP contribution is -2.30. The van der Waals surface area contributed by atoms with Gasteiger partial charge in [0.25, 0.3) is 0 Å². The predicted molar refractivity (Wildman–Crippen MR) is 86.4 cm³/mol. The van der Waals surface area contributed by atoms with Gasteiger partial charge in [0.2, 0.25) is 5.91 Å². The third kappa shape index (κ3) is 5.63. The summed E-state index contributed by atoms with van der Waals surface area (Å²) in [5.74, 6) is 0.0728. The fourth-order valence-electron chi connectivity index (χ4n) is 1.92. The summed E-state index contributed by atoms with van der Waals surface area (Å²) >= 11 is 1.77. The molecule has 1 atom stereocenters. The van der Waals surface area contributed by atoms with Crippen LogP contribution in [0.1, 0.15) is 18.9 Å². The molecule has 21 heavy (non-hydrogen) atoms. The number of nitrogens with one attached hydrogen (secondary N) is 1. The van der Waals surface area contributed by atoms with E-state index in [0.717, 1.165) is 5.56 Å². The molecule has 0 aliphatic carbocycles. The molecule has 1 N–H and O–H groups in total. The Morgan fingerprint density at radius 2 is 2.14 bits per heavy atom. The van der Waals surface area contributed by atoms with E-state index in [-0.39, 0.29) is 5.91 Å². The molecule has 1 unspecified atom stereocenters. The quantitative estimate of drug-likeness (QED) is 0.800. The highest BCUT2D eigenvalue weighted by Gasteiger charge is 2.07.